The fourth-order valence-electron chi connectivity index (χ4n) is 4.03. The number of carboxylic acids is 1. The molecule has 1 fully saturated rings. The van der Waals surface area contributed by atoms with Gasteiger partial charge in [0, 0.05) is 31.7 Å². The predicted molar refractivity (Wildman–Crippen MR) is 132 cm³/mol. The highest BCUT2D eigenvalue weighted by Gasteiger charge is 2.33. The smallest absolute Gasteiger partial charge is 0.347 e. The molecule has 2 aromatic heterocycles. The monoisotopic (exact) mass is 502 g/mol. The standard InChI is InChI=1S/C23H27ClN6O3S/c1-3-15-19(24)29-20(27-15)21(31)28-16-9-10-30(23-26-13(2)18(34-23)22(32)33)12-17(16)25-11-14-7-5-4-6-8-14/h4-8,16-17,25H,3,9-12H2,1-2H3,(H,27,29)(H,28,31)(H,32,33)/t16-,17?/m1/s1. The fraction of sp³-hybridized carbons (Fsp3) is 0.391. The van der Waals surface area contributed by atoms with E-state index in [1.807, 2.05) is 37.3 Å². The maximum absolute atomic E-state index is 12.9. The first-order valence-electron chi connectivity index (χ1n) is 11.1. The third-order valence-corrected chi connectivity index (χ3v) is 7.41. The number of amides is 1. The number of hydrogen-bond acceptors (Lipinski definition) is 7. The van der Waals surface area contributed by atoms with Gasteiger partial charge in [0.25, 0.3) is 5.91 Å². The third-order valence-electron chi connectivity index (χ3n) is 5.89. The number of carbonyl (C=O) groups excluding carboxylic acids is 1. The van der Waals surface area contributed by atoms with Crippen LogP contribution in [0.4, 0.5) is 5.13 Å². The van der Waals surface area contributed by atoms with Crippen molar-refractivity contribution in [2.75, 3.05) is 18.0 Å². The lowest BCUT2D eigenvalue weighted by atomic mass is 9.99. The van der Waals surface area contributed by atoms with Crippen molar-refractivity contribution in [3.8, 4) is 0 Å². The van der Waals surface area contributed by atoms with E-state index in [0.717, 1.165) is 11.3 Å². The highest BCUT2D eigenvalue weighted by molar-refractivity contribution is 7.17. The first kappa shape index (κ1) is 24.2. The number of aryl methyl sites for hydroxylation is 2. The molecule has 1 amide bonds. The van der Waals surface area contributed by atoms with E-state index in [-0.39, 0.29) is 28.7 Å². The molecular formula is C23H27ClN6O3S. The van der Waals surface area contributed by atoms with Crippen molar-refractivity contribution < 1.29 is 14.7 Å². The molecule has 1 aromatic carbocycles. The average molecular weight is 503 g/mol. The van der Waals surface area contributed by atoms with Crippen LogP contribution in [0.2, 0.25) is 5.15 Å². The predicted octanol–water partition coefficient (Wildman–Crippen LogP) is 3.26. The van der Waals surface area contributed by atoms with Crippen molar-refractivity contribution in [3.63, 3.8) is 0 Å². The Balaban J connectivity index is 1.50. The summed E-state index contributed by atoms with van der Waals surface area (Å²) < 4.78 is 0. The van der Waals surface area contributed by atoms with Gasteiger partial charge in [0.05, 0.1) is 11.4 Å². The molecule has 1 saturated heterocycles. The summed E-state index contributed by atoms with van der Waals surface area (Å²) in [5.74, 6) is -1.07. The molecule has 34 heavy (non-hydrogen) atoms. The largest absolute Gasteiger partial charge is 0.477 e. The molecule has 0 radical (unpaired) electrons. The van der Waals surface area contributed by atoms with Crippen LogP contribution in [0.25, 0.3) is 0 Å². The summed E-state index contributed by atoms with van der Waals surface area (Å²) in [5.41, 5.74) is 2.38. The Hall–Kier alpha value is -2.95. The van der Waals surface area contributed by atoms with E-state index in [1.54, 1.807) is 6.92 Å². The number of benzene rings is 1. The molecule has 4 N–H and O–H groups in total. The number of rotatable bonds is 8. The van der Waals surface area contributed by atoms with E-state index < -0.39 is 5.97 Å². The number of nitrogens with zero attached hydrogens (tertiary/aromatic N) is 3. The van der Waals surface area contributed by atoms with Gasteiger partial charge in [-0.05, 0) is 25.3 Å². The van der Waals surface area contributed by atoms with Crippen LogP contribution < -0.4 is 15.5 Å². The molecule has 2 atom stereocenters. The second kappa shape index (κ2) is 10.5. The van der Waals surface area contributed by atoms with Crippen LogP contribution in [-0.4, -0.2) is 57.1 Å². The minimum absolute atomic E-state index is 0.0912. The van der Waals surface area contributed by atoms with Crippen molar-refractivity contribution in [2.24, 2.45) is 0 Å². The Morgan fingerprint density at radius 2 is 2.03 bits per heavy atom. The lowest BCUT2D eigenvalue weighted by molar-refractivity contribution is 0.0700. The van der Waals surface area contributed by atoms with Crippen molar-refractivity contribution in [3.05, 3.63) is 63.1 Å². The van der Waals surface area contributed by atoms with Crippen LogP contribution in [0, 0.1) is 6.92 Å². The summed E-state index contributed by atoms with van der Waals surface area (Å²) in [4.78, 5) is 38.3. The number of carboxylic acid groups (broad SMARTS) is 1. The quantitative estimate of drug-likeness (QED) is 0.373. The molecule has 9 nitrogen and oxygen atoms in total. The summed E-state index contributed by atoms with van der Waals surface area (Å²) in [7, 11) is 0. The number of piperidine rings is 1. The normalized spacial score (nSPS) is 18.1. The molecule has 11 heteroatoms. The number of hydrogen-bond donors (Lipinski definition) is 4. The van der Waals surface area contributed by atoms with E-state index in [4.69, 9.17) is 11.6 Å². The zero-order valence-corrected chi connectivity index (χ0v) is 20.5. The summed E-state index contributed by atoms with van der Waals surface area (Å²) in [6, 6.07) is 9.79. The lowest BCUT2D eigenvalue weighted by Crippen LogP contribution is -2.59. The maximum atomic E-state index is 12.9. The number of imidazole rings is 1. The Bertz CT molecular complexity index is 1160. The van der Waals surface area contributed by atoms with Gasteiger partial charge < -0.3 is 25.6 Å². The second-order valence-corrected chi connectivity index (χ2v) is 9.55. The number of carbonyl (C=O) groups is 2. The van der Waals surface area contributed by atoms with Crippen molar-refractivity contribution in [2.45, 2.75) is 45.3 Å². The molecule has 1 aliphatic rings. The number of thiazole rings is 1. The van der Waals surface area contributed by atoms with Crippen LogP contribution >= 0.6 is 22.9 Å². The summed E-state index contributed by atoms with van der Waals surface area (Å²) in [6.07, 6.45) is 1.32. The summed E-state index contributed by atoms with van der Waals surface area (Å²) in [5, 5.41) is 17.1. The van der Waals surface area contributed by atoms with Gasteiger partial charge in [0.2, 0.25) is 0 Å². The van der Waals surface area contributed by atoms with E-state index >= 15 is 0 Å². The number of halogens is 1. The van der Waals surface area contributed by atoms with Gasteiger partial charge >= 0.3 is 5.97 Å². The minimum atomic E-state index is -0.967. The van der Waals surface area contributed by atoms with Crippen LogP contribution in [-0.2, 0) is 13.0 Å². The van der Waals surface area contributed by atoms with Gasteiger partial charge in [-0.1, -0.05) is 60.2 Å². The van der Waals surface area contributed by atoms with E-state index in [1.165, 1.54) is 11.3 Å². The van der Waals surface area contributed by atoms with E-state index in [0.29, 0.717) is 48.5 Å². The Labute approximate surface area is 206 Å². The van der Waals surface area contributed by atoms with Crippen LogP contribution in [0.1, 0.15) is 50.6 Å². The van der Waals surface area contributed by atoms with Crippen LogP contribution in [0.15, 0.2) is 30.3 Å². The topological polar surface area (TPSA) is 123 Å². The lowest BCUT2D eigenvalue weighted by Gasteiger charge is -2.39. The van der Waals surface area contributed by atoms with Crippen molar-refractivity contribution >= 4 is 39.9 Å². The fourth-order valence-corrected chi connectivity index (χ4v) is 5.24. The molecule has 1 unspecified atom stereocenters. The van der Waals surface area contributed by atoms with Crippen LogP contribution in [0.5, 0.6) is 0 Å². The van der Waals surface area contributed by atoms with Gasteiger partial charge in [-0.3, -0.25) is 4.79 Å². The summed E-state index contributed by atoms with van der Waals surface area (Å²) in [6.45, 7) is 5.50. The molecule has 0 saturated carbocycles. The van der Waals surface area contributed by atoms with Crippen LogP contribution in [0.3, 0.4) is 0 Å². The third kappa shape index (κ3) is 5.40. The Morgan fingerprint density at radius 1 is 1.26 bits per heavy atom. The van der Waals surface area contributed by atoms with Gasteiger partial charge in [-0.2, -0.15) is 0 Å². The van der Waals surface area contributed by atoms with E-state index in [2.05, 4.69) is 30.5 Å². The first-order valence-corrected chi connectivity index (χ1v) is 12.3. The molecule has 0 bridgehead atoms. The van der Waals surface area contributed by atoms with Gasteiger partial charge in [0.1, 0.15) is 4.88 Å². The second-order valence-electron chi connectivity index (χ2n) is 8.21. The minimum Gasteiger partial charge on any atom is -0.477 e. The van der Waals surface area contributed by atoms with Gasteiger partial charge in [0.15, 0.2) is 16.1 Å². The van der Waals surface area contributed by atoms with Gasteiger partial charge in [-0.25, -0.2) is 14.8 Å². The zero-order valence-electron chi connectivity index (χ0n) is 19.0. The number of aromatic amines is 1. The number of nitrogens with one attached hydrogen (secondary N) is 3. The Kier molecular flexibility index (Phi) is 7.50. The molecule has 0 spiro atoms. The summed E-state index contributed by atoms with van der Waals surface area (Å²) >= 11 is 7.29. The number of aromatic nitrogens is 3. The van der Waals surface area contributed by atoms with Gasteiger partial charge in [-0.15, -0.1) is 0 Å². The zero-order chi connectivity index (χ0) is 24.2. The highest BCUT2D eigenvalue weighted by atomic mass is 35.5. The average Bonchev–Trinajstić information content (AvgIpc) is 3.41. The molecule has 4 rings (SSSR count). The highest BCUT2D eigenvalue weighted by Crippen LogP contribution is 2.28. The number of aromatic carboxylic acids is 1. The number of anilines is 1. The van der Waals surface area contributed by atoms with Crippen molar-refractivity contribution in [1.29, 1.82) is 0 Å². The molecule has 180 valence electrons. The maximum Gasteiger partial charge on any atom is 0.347 e. The molecular weight excluding hydrogens is 476 g/mol. The molecule has 0 aliphatic carbocycles. The molecule has 1 aliphatic heterocycles. The van der Waals surface area contributed by atoms with E-state index in [9.17, 15) is 14.7 Å². The van der Waals surface area contributed by atoms with Crippen molar-refractivity contribution in [1.82, 2.24) is 25.6 Å². The SMILES string of the molecule is CCc1[nH]c(C(=O)N[C@@H]2CCN(c3nc(C)c(C(=O)O)s3)CC2NCc2ccccc2)nc1Cl. The number of H-pyrrole nitrogens is 1. The molecule has 3 heterocycles. The Morgan fingerprint density at radius 3 is 2.68 bits per heavy atom. The first-order chi connectivity index (χ1) is 16.4. The molecule has 3 aromatic rings.